The van der Waals surface area contributed by atoms with E-state index in [0.29, 0.717) is 25.6 Å². The number of Topliss-reactive ketones (excluding diaryl/α,β-unsaturated/α-hetero) is 1. The van der Waals surface area contributed by atoms with Crippen molar-refractivity contribution in [2.24, 2.45) is 17.8 Å². The Balaban J connectivity index is 0.000000770. The number of para-hydroxylation sites is 1. The van der Waals surface area contributed by atoms with Gasteiger partial charge in [0, 0.05) is 23.7 Å². The van der Waals surface area contributed by atoms with Gasteiger partial charge in [0.05, 0.1) is 24.6 Å². The number of halogens is 1. The molecule has 0 heterocycles. The first-order valence-corrected chi connectivity index (χ1v) is 17.3. The molecular formula is C38H58ClN3O5. The summed E-state index contributed by atoms with van der Waals surface area (Å²) in [6.45, 7) is 14.5. The van der Waals surface area contributed by atoms with Gasteiger partial charge in [0.2, 0.25) is 11.8 Å². The number of ketones is 1. The summed E-state index contributed by atoms with van der Waals surface area (Å²) in [6.07, 6.45) is 8.79. The largest absolute Gasteiger partial charge is 0.492 e. The molecule has 1 saturated carbocycles. The van der Waals surface area contributed by atoms with Gasteiger partial charge >= 0.3 is 0 Å². The number of amides is 2. The Morgan fingerprint density at radius 3 is 2.15 bits per heavy atom. The Morgan fingerprint density at radius 2 is 1.57 bits per heavy atom. The van der Waals surface area contributed by atoms with Crippen molar-refractivity contribution in [3.05, 3.63) is 70.8 Å². The van der Waals surface area contributed by atoms with Gasteiger partial charge in [-0.1, -0.05) is 107 Å². The van der Waals surface area contributed by atoms with Gasteiger partial charge in [-0.25, -0.2) is 0 Å². The second-order valence-corrected chi connectivity index (χ2v) is 13.2. The summed E-state index contributed by atoms with van der Waals surface area (Å²) in [5, 5.41) is 18.9. The molecule has 0 bridgehead atoms. The lowest BCUT2D eigenvalue weighted by molar-refractivity contribution is -0.130. The summed E-state index contributed by atoms with van der Waals surface area (Å²) in [7, 11) is 0. The molecule has 8 nitrogen and oxygen atoms in total. The lowest BCUT2D eigenvalue weighted by Gasteiger charge is -2.29. The normalized spacial score (nSPS) is 14.9. The molecule has 3 unspecified atom stereocenters. The lowest BCUT2D eigenvalue weighted by atomic mass is 9.82. The maximum atomic E-state index is 12.1. The molecule has 0 saturated heterocycles. The SMILES string of the molecule is CC(=O)C(NCCOc1ccccc1/C=C/CNC(=O)CNC(=O)C(C)C(C)O)C1CCCCC1.CC(C)C.Cc1ccc(Cl)cc1. The number of hydrogen-bond donors (Lipinski definition) is 4. The third-order valence-electron chi connectivity index (χ3n) is 7.49. The number of carbonyl (C=O) groups is 3. The summed E-state index contributed by atoms with van der Waals surface area (Å²) in [5.74, 6) is 0.929. The van der Waals surface area contributed by atoms with Crippen molar-refractivity contribution in [3.63, 3.8) is 0 Å². The first kappa shape index (κ1) is 41.8. The van der Waals surface area contributed by atoms with Crippen LogP contribution in [-0.4, -0.2) is 61.1 Å². The maximum Gasteiger partial charge on any atom is 0.239 e. The second kappa shape index (κ2) is 24.0. The first-order chi connectivity index (χ1) is 22.3. The highest BCUT2D eigenvalue weighted by Gasteiger charge is 2.26. The Morgan fingerprint density at radius 1 is 0.957 bits per heavy atom. The van der Waals surface area contributed by atoms with Crippen LogP contribution in [0.25, 0.3) is 6.08 Å². The van der Waals surface area contributed by atoms with Crippen LogP contribution >= 0.6 is 11.6 Å². The number of rotatable bonds is 14. The summed E-state index contributed by atoms with van der Waals surface area (Å²) < 4.78 is 5.96. The van der Waals surface area contributed by atoms with Crippen LogP contribution in [0.5, 0.6) is 5.75 Å². The zero-order chi connectivity index (χ0) is 35.2. The van der Waals surface area contributed by atoms with Crippen molar-refractivity contribution < 1.29 is 24.2 Å². The average molecular weight is 672 g/mol. The van der Waals surface area contributed by atoms with E-state index >= 15 is 0 Å². The van der Waals surface area contributed by atoms with Gasteiger partial charge in [-0.3, -0.25) is 14.4 Å². The van der Waals surface area contributed by atoms with Crippen LogP contribution in [0.2, 0.25) is 5.02 Å². The quantitative estimate of drug-likeness (QED) is 0.165. The summed E-state index contributed by atoms with van der Waals surface area (Å²) in [4.78, 5) is 35.8. The minimum atomic E-state index is -0.772. The van der Waals surface area contributed by atoms with Gasteiger partial charge in [0.25, 0.3) is 0 Å². The number of benzene rings is 2. The van der Waals surface area contributed by atoms with E-state index in [-0.39, 0.29) is 30.2 Å². The Bertz CT molecular complexity index is 1190. The van der Waals surface area contributed by atoms with Crippen molar-refractivity contribution >= 4 is 35.3 Å². The smallest absolute Gasteiger partial charge is 0.239 e. The fourth-order valence-electron chi connectivity index (χ4n) is 4.74. The monoisotopic (exact) mass is 671 g/mol. The Kier molecular flexibility index (Phi) is 21.4. The second-order valence-electron chi connectivity index (χ2n) is 12.8. The molecule has 3 rings (SSSR count). The summed E-state index contributed by atoms with van der Waals surface area (Å²) in [6, 6.07) is 15.3. The van der Waals surface area contributed by atoms with Crippen LogP contribution in [0.4, 0.5) is 0 Å². The molecular weight excluding hydrogens is 614 g/mol. The lowest BCUT2D eigenvalue weighted by Crippen LogP contribution is -2.44. The average Bonchev–Trinajstić information content (AvgIpc) is 3.03. The molecule has 1 aliphatic carbocycles. The van der Waals surface area contributed by atoms with Crippen LogP contribution in [0.15, 0.2) is 54.6 Å². The van der Waals surface area contributed by atoms with E-state index in [1.807, 2.05) is 67.6 Å². The van der Waals surface area contributed by atoms with Crippen molar-refractivity contribution in [1.29, 1.82) is 0 Å². The third-order valence-corrected chi connectivity index (χ3v) is 7.74. The number of nitrogens with one attached hydrogen (secondary N) is 3. The molecule has 1 aliphatic rings. The van der Waals surface area contributed by atoms with Crippen LogP contribution in [0.3, 0.4) is 0 Å². The highest BCUT2D eigenvalue weighted by Crippen LogP contribution is 2.27. The first-order valence-electron chi connectivity index (χ1n) is 16.9. The van der Waals surface area contributed by atoms with E-state index in [0.717, 1.165) is 35.1 Å². The molecule has 4 N–H and O–H groups in total. The van der Waals surface area contributed by atoms with Gasteiger partial charge in [0.1, 0.15) is 18.1 Å². The molecule has 262 valence electrons. The van der Waals surface area contributed by atoms with Crippen LogP contribution < -0.4 is 20.7 Å². The van der Waals surface area contributed by atoms with E-state index in [9.17, 15) is 19.5 Å². The minimum Gasteiger partial charge on any atom is -0.492 e. The van der Waals surface area contributed by atoms with Crippen LogP contribution in [-0.2, 0) is 14.4 Å². The highest BCUT2D eigenvalue weighted by atomic mass is 35.5. The number of hydrogen-bond acceptors (Lipinski definition) is 6. The standard InChI is InChI=1S/C27H41N3O5.C7H7Cl.C4H10/c1-19(20(2)31)27(34)30-18-25(33)28-15-9-13-22-10-7-8-14-24(22)35-17-16-29-26(21(3)32)23-11-5-4-6-12-23;1-6-2-4-7(8)5-3-6;1-4(2)3/h7-10,13-14,19-20,23,26,29,31H,4-6,11-12,15-18H2,1-3H3,(H,28,33)(H,30,34);2-5H,1H3;4H,1-3H3/b13-9+;;. The molecule has 0 spiro atoms. The summed E-state index contributed by atoms with van der Waals surface area (Å²) in [5.41, 5.74) is 2.13. The van der Waals surface area contributed by atoms with Gasteiger partial charge in [0.15, 0.2) is 0 Å². The topological polar surface area (TPSA) is 117 Å². The molecule has 0 aliphatic heterocycles. The number of carbonyl (C=O) groups excluding carboxylic acids is 3. The van der Waals surface area contributed by atoms with E-state index in [1.165, 1.54) is 31.7 Å². The zero-order valence-electron chi connectivity index (χ0n) is 29.5. The van der Waals surface area contributed by atoms with Gasteiger partial charge in [-0.15, -0.1) is 0 Å². The molecule has 2 aromatic carbocycles. The number of ether oxygens (including phenoxy) is 1. The number of aliphatic hydroxyl groups is 1. The molecule has 0 radical (unpaired) electrons. The molecule has 9 heteroatoms. The predicted molar refractivity (Wildman–Crippen MR) is 194 cm³/mol. The number of aryl methyl sites for hydroxylation is 1. The Labute approximate surface area is 288 Å². The van der Waals surface area contributed by atoms with E-state index in [2.05, 4.69) is 36.7 Å². The van der Waals surface area contributed by atoms with Crippen molar-refractivity contribution in [2.45, 2.75) is 92.7 Å². The minimum absolute atomic E-state index is 0.0994. The molecule has 2 amide bonds. The summed E-state index contributed by atoms with van der Waals surface area (Å²) >= 11 is 5.61. The van der Waals surface area contributed by atoms with Crippen molar-refractivity contribution in [2.75, 3.05) is 26.2 Å². The van der Waals surface area contributed by atoms with Crippen LogP contribution in [0.1, 0.15) is 84.8 Å². The van der Waals surface area contributed by atoms with Gasteiger partial charge in [-0.2, -0.15) is 0 Å². The molecule has 0 aromatic heterocycles. The fourth-order valence-corrected chi connectivity index (χ4v) is 4.86. The predicted octanol–water partition coefficient (Wildman–Crippen LogP) is 6.77. The van der Waals surface area contributed by atoms with Crippen LogP contribution in [0, 0.1) is 24.7 Å². The third kappa shape index (κ3) is 19.3. The van der Waals surface area contributed by atoms with E-state index < -0.39 is 12.0 Å². The van der Waals surface area contributed by atoms with E-state index in [4.69, 9.17) is 16.3 Å². The highest BCUT2D eigenvalue weighted by molar-refractivity contribution is 6.30. The molecule has 3 atom stereocenters. The molecule has 2 aromatic rings. The zero-order valence-corrected chi connectivity index (χ0v) is 30.2. The fraction of sp³-hybridized carbons (Fsp3) is 0.553. The maximum absolute atomic E-state index is 12.1. The number of aliphatic hydroxyl groups excluding tert-OH is 1. The van der Waals surface area contributed by atoms with Crippen molar-refractivity contribution in [1.82, 2.24) is 16.0 Å². The molecule has 47 heavy (non-hydrogen) atoms. The van der Waals surface area contributed by atoms with Crippen molar-refractivity contribution in [3.8, 4) is 5.75 Å². The molecule has 1 fully saturated rings. The Hall–Kier alpha value is -3.20. The van der Waals surface area contributed by atoms with Gasteiger partial charge < -0.3 is 25.8 Å². The van der Waals surface area contributed by atoms with Gasteiger partial charge in [-0.05, 0) is 63.6 Å². The van der Waals surface area contributed by atoms with E-state index in [1.54, 1.807) is 13.8 Å².